The molecule has 0 saturated carbocycles. The maximum absolute atomic E-state index is 11.8. The van der Waals surface area contributed by atoms with Crippen LogP contribution in [0, 0.1) is 0 Å². The highest BCUT2D eigenvalue weighted by Crippen LogP contribution is 2.27. The maximum Gasteiger partial charge on any atom is 0.329 e. The van der Waals surface area contributed by atoms with Gasteiger partial charge in [0.1, 0.15) is 5.75 Å². The van der Waals surface area contributed by atoms with E-state index in [-0.39, 0.29) is 11.5 Å². The average molecular weight is 343 g/mol. The minimum atomic E-state index is -0.950. The van der Waals surface area contributed by atoms with Crippen LogP contribution in [-0.2, 0) is 9.59 Å². The zero-order valence-electron chi connectivity index (χ0n) is 13.6. The van der Waals surface area contributed by atoms with Gasteiger partial charge in [-0.2, -0.15) is 5.10 Å². The number of ether oxygens (including phenoxy) is 2. The topological polar surface area (TPSA) is 109 Å². The number of carbonyl (C=O) groups is 2. The van der Waals surface area contributed by atoms with Gasteiger partial charge in [-0.25, -0.2) is 5.43 Å². The van der Waals surface area contributed by atoms with Gasteiger partial charge < -0.3 is 19.9 Å². The summed E-state index contributed by atoms with van der Waals surface area (Å²) in [7, 11) is 2.94. The lowest BCUT2D eigenvalue weighted by molar-refractivity contribution is -0.136. The maximum atomic E-state index is 11.8. The lowest BCUT2D eigenvalue weighted by Crippen LogP contribution is -2.32. The van der Waals surface area contributed by atoms with Gasteiger partial charge in [0, 0.05) is 11.3 Å². The van der Waals surface area contributed by atoms with Crippen LogP contribution in [-0.4, -0.2) is 37.4 Å². The van der Waals surface area contributed by atoms with Crippen molar-refractivity contribution in [3.8, 4) is 17.2 Å². The third-order valence-corrected chi connectivity index (χ3v) is 3.17. The largest absolute Gasteiger partial charge is 0.504 e. The first-order chi connectivity index (χ1) is 12.0. The number of rotatable bonds is 5. The highest BCUT2D eigenvalue weighted by Gasteiger charge is 2.13. The SMILES string of the molecule is COc1ccc(NC(=O)C(=O)NN=Cc2cccc(OC)c2O)cc1. The van der Waals surface area contributed by atoms with Crippen LogP contribution in [0.2, 0.25) is 0 Å². The lowest BCUT2D eigenvalue weighted by atomic mass is 10.2. The highest BCUT2D eigenvalue weighted by atomic mass is 16.5. The molecule has 2 aromatic rings. The van der Waals surface area contributed by atoms with Crippen LogP contribution in [0.1, 0.15) is 5.56 Å². The van der Waals surface area contributed by atoms with E-state index in [0.29, 0.717) is 17.0 Å². The van der Waals surface area contributed by atoms with E-state index < -0.39 is 11.8 Å². The Balaban J connectivity index is 1.93. The summed E-state index contributed by atoms with van der Waals surface area (Å²) in [5.74, 6) is -1.05. The smallest absolute Gasteiger partial charge is 0.329 e. The number of hydrazone groups is 1. The van der Waals surface area contributed by atoms with Crippen LogP contribution in [0.15, 0.2) is 47.6 Å². The monoisotopic (exact) mass is 343 g/mol. The molecule has 25 heavy (non-hydrogen) atoms. The minimum Gasteiger partial charge on any atom is -0.504 e. The van der Waals surface area contributed by atoms with Crippen molar-refractivity contribution >= 4 is 23.7 Å². The predicted molar refractivity (Wildman–Crippen MR) is 92.0 cm³/mol. The Bertz CT molecular complexity index is 787. The molecule has 0 fully saturated rings. The summed E-state index contributed by atoms with van der Waals surface area (Å²) in [6, 6.07) is 11.3. The Hall–Kier alpha value is -3.55. The minimum absolute atomic E-state index is 0.120. The van der Waals surface area contributed by atoms with Crippen molar-refractivity contribution in [2.75, 3.05) is 19.5 Å². The van der Waals surface area contributed by atoms with Gasteiger partial charge in [0.25, 0.3) is 0 Å². The molecule has 0 heterocycles. The van der Waals surface area contributed by atoms with Crippen molar-refractivity contribution in [1.29, 1.82) is 0 Å². The molecule has 0 aliphatic heterocycles. The van der Waals surface area contributed by atoms with E-state index in [9.17, 15) is 14.7 Å². The van der Waals surface area contributed by atoms with Crippen LogP contribution in [0.25, 0.3) is 0 Å². The number of phenolic OH excluding ortho intramolecular Hbond substituents is 1. The van der Waals surface area contributed by atoms with E-state index in [2.05, 4.69) is 15.8 Å². The van der Waals surface area contributed by atoms with E-state index in [1.54, 1.807) is 42.5 Å². The standard InChI is InChI=1S/C17H17N3O5/c1-24-13-8-6-12(7-9-13)19-16(22)17(23)20-18-10-11-4-3-5-14(25-2)15(11)21/h3-10,21H,1-2H3,(H,19,22)(H,20,23). The Morgan fingerprint density at radius 2 is 1.76 bits per heavy atom. The first-order valence-corrected chi connectivity index (χ1v) is 7.19. The Kier molecular flexibility index (Phi) is 5.94. The first kappa shape index (κ1) is 17.8. The molecule has 2 aromatic carbocycles. The number of nitrogens with one attached hydrogen (secondary N) is 2. The normalized spacial score (nSPS) is 10.3. The highest BCUT2D eigenvalue weighted by molar-refractivity contribution is 6.39. The second-order valence-electron chi connectivity index (χ2n) is 4.78. The molecular weight excluding hydrogens is 326 g/mol. The van der Waals surface area contributed by atoms with Crippen LogP contribution in [0.3, 0.4) is 0 Å². The Labute approximate surface area is 144 Å². The van der Waals surface area contributed by atoms with E-state index in [1.165, 1.54) is 20.4 Å². The van der Waals surface area contributed by atoms with Gasteiger partial charge in [-0.1, -0.05) is 6.07 Å². The fraction of sp³-hybridized carbons (Fsp3) is 0.118. The summed E-state index contributed by atoms with van der Waals surface area (Å²) >= 11 is 0. The molecule has 2 rings (SSSR count). The van der Waals surface area contributed by atoms with Crippen molar-refractivity contribution in [3.05, 3.63) is 48.0 Å². The van der Waals surface area contributed by atoms with Crippen LogP contribution in [0.5, 0.6) is 17.2 Å². The number of amides is 2. The molecule has 0 radical (unpaired) electrons. The third kappa shape index (κ3) is 4.71. The molecule has 2 amide bonds. The summed E-state index contributed by atoms with van der Waals surface area (Å²) in [5, 5.41) is 16.0. The van der Waals surface area contributed by atoms with Crippen molar-refractivity contribution < 1.29 is 24.2 Å². The number of para-hydroxylation sites is 1. The van der Waals surface area contributed by atoms with Crippen LogP contribution >= 0.6 is 0 Å². The van der Waals surface area contributed by atoms with Crippen LogP contribution in [0.4, 0.5) is 5.69 Å². The predicted octanol–water partition coefficient (Wildman–Crippen LogP) is 1.50. The van der Waals surface area contributed by atoms with Gasteiger partial charge in [-0.05, 0) is 36.4 Å². The van der Waals surface area contributed by atoms with Crippen molar-refractivity contribution in [3.63, 3.8) is 0 Å². The van der Waals surface area contributed by atoms with Gasteiger partial charge in [0.15, 0.2) is 11.5 Å². The van der Waals surface area contributed by atoms with Gasteiger partial charge in [0.2, 0.25) is 0 Å². The number of methoxy groups -OCH3 is 2. The van der Waals surface area contributed by atoms with Crippen molar-refractivity contribution in [1.82, 2.24) is 5.43 Å². The zero-order chi connectivity index (χ0) is 18.2. The summed E-state index contributed by atoms with van der Waals surface area (Å²) in [5.41, 5.74) is 2.85. The molecule has 0 atom stereocenters. The molecule has 130 valence electrons. The second kappa shape index (κ2) is 8.34. The quantitative estimate of drug-likeness (QED) is 0.433. The fourth-order valence-electron chi connectivity index (χ4n) is 1.88. The number of aromatic hydroxyl groups is 1. The van der Waals surface area contributed by atoms with E-state index >= 15 is 0 Å². The molecule has 0 aromatic heterocycles. The molecule has 0 unspecified atom stereocenters. The molecule has 0 aliphatic carbocycles. The first-order valence-electron chi connectivity index (χ1n) is 7.19. The van der Waals surface area contributed by atoms with E-state index in [1.807, 2.05) is 0 Å². The second-order valence-corrected chi connectivity index (χ2v) is 4.78. The van der Waals surface area contributed by atoms with Crippen LogP contribution < -0.4 is 20.2 Å². The molecule has 8 nitrogen and oxygen atoms in total. The fourth-order valence-corrected chi connectivity index (χ4v) is 1.88. The van der Waals surface area contributed by atoms with Gasteiger partial charge in [0.05, 0.1) is 20.4 Å². The molecule has 0 aliphatic rings. The molecule has 8 heteroatoms. The van der Waals surface area contributed by atoms with Gasteiger partial charge in [-0.3, -0.25) is 9.59 Å². The number of benzene rings is 2. The Morgan fingerprint density at radius 1 is 1.04 bits per heavy atom. The van der Waals surface area contributed by atoms with Crippen molar-refractivity contribution in [2.45, 2.75) is 0 Å². The molecule has 0 saturated heterocycles. The molecule has 3 N–H and O–H groups in total. The molecule has 0 spiro atoms. The summed E-state index contributed by atoms with van der Waals surface area (Å²) in [4.78, 5) is 23.5. The van der Waals surface area contributed by atoms with Gasteiger partial charge in [-0.15, -0.1) is 0 Å². The summed E-state index contributed by atoms with van der Waals surface area (Å²) in [6.45, 7) is 0. The zero-order valence-corrected chi connectivity index (χ0v) is 13.6. The van der Waals surface area contributed by atoms with Gasteiger partial charge >= 0.3 is 11.8 Å². The van der Waals surface area contributed by atoms with E-state index in [4.69, 9.17) is 9.47 Å². The number of phenols is 1. The van der Waals surface area contributed by atoms with Crippen molar-refractivity contribution in [2.24, 2.45) is 5.10 Å². The summed E-state index contributed by atoms with van der Waals surface area (Å²) < 4.78 is 9.96. The molecular formula is C17H17N3O5. The lowest BCUT2D eigenvalue weighted by Gasteiger charge is -2.06. The number of hydrogen-bond acceptors (Lipinski definition) is 6. The number of carbonyl (C=O) groups excluding carboxylic acids is 2. The Morgan fingerprint density at radius 3 is 2.40 bits per heavy atom. The average Bonchev–Trinajstić information content (AvgIpc) is 2.63. The number of hydrogen-bond donors (Lipinski definition) is 3. The number of nitrogens with zero attached hydrogens (tertiary/aromatic N) is 1. The number of anilines is 1. The molecule has 0 bridgehead atoms. The van der Waals surface area contributed by atoms with E-state index in [0.717, 1.165) is 0 Å². The third-order valence-electron chi connectivity index (χ3n) is 3.17. The summed E-state index contributed by atoms with van der Waals surface area (Å²) in [6.07, 6.45) is 1.20.